The van der Waals surface area contributed by atoms with Crippen LogP contribution in [0, 0.1) is 25.7 Å². The average Bonchev–Trinajstić information content (AvgIpc) is 2.57. The Kier molecular flexibility index (Phi) is 3.41. The van der Waals surface area contributed by atoms with Crippen LogP contribution >= 0.6 is 0 Å². The van der Waals surface area contributed by atoms with Crippen LogP contribution in [0.4, 0.5) is 0 Å². The lowest BCUT2D eigenvalue weighted by Gasteiger charge is -2.41. The Morgan fingerprint density at radius 2 is 0.864 bits per heavy atom. The van der Waals surface area contributed by atoms with Crippen LogP contribution in [-0.2, 0) is 0 Å². The van der Waals surface area contributed by atoms with Crippen molar-refractivity contribution in [3.63, 3.8) is 0 Å². The highest BCUT2D eigenvalue weighted by atomic mass is 14.4. The standard InChI is InChI=1S/C22H24/c1-15-3-7-17(8-4-15)21-19-11-13-20(14-12-19)22(21)18-9-5-16(2)6-10-18/h3-10,19-20H,11-14H2,1-2H3. The van der Waals surface area contributed by atoms with Crippen molar-refractivity contribution in [2.75, 3.05) is 0 Å². The molecule has 112 valence electrons. The maximum Gasteiger partial charge on any atom is -0.0153 e. The molecule has 0 N–H and O–H groups in total. The molecule has 0 aliphatic heterocycles. The van der Waals surface area contributed by atoms with Gasteiger partial charge in [-0.2, -0.15) is 0 Å². The van der Waals surface area contributed by atoms with Crippen molar-refractivity contribution in [1.82, 2.24) is 0 Å². The molecule has 5 rings (SSSR count). The van der Waals surface area contributed by atoms with E-state index in [4.69, 9.17) is 0 Å². The van der Waals surface area contributed by atoms with Crippen LogP contribution in [0.25, 0.3) is 11.1 Å². The summed E-state index contributed by atoms with van der Waals surface area (Å²) in [6, 6.07) is 18.4. The Balaban J connectivity index is 1.89. The topological polar surface area (TPSA) is 0 Å². The zero-order valence-electron chi connectivity index (χ0n) is 13.6. The fourth-order valence-electron chi connectivity index (χ4n) is 4.36. The van der Waals surface area contributed by atoms with Gasteiger partial charge in [0, 0.05) is 0 Å². The number of fused-ring (bicyclic) bond motifs is 2. The van der Waals surface area contributed by atoms with Crippen LogP contribution < -0.4 is 0 Å². The molecule has 0 heteroatoms. The molecule has 0 atom stereocenters. The molecule has 0 unspecified atom stereocenters. The molecule has 2 aromatic rings. The van der Waals surface area contributed by atoms with Gasteiger partial charge in [0.1, 0.15) is 0 Å². The minimum absolute atomic E-state index is 0.768. The summed E-state index contributed by atoms with van der Waals surface area (Å²) in [5.74, 6) is 1.54. The minimum Gasteiger partial charge on any atom is -0.0587 e. The van der Waals surface area contributed by atoms with Gasteiger partial charge < -0.3 is 0 Å². The average molecular weight is 288 g/mol. The van der Waals surface area contributed by atoms with Crippen LogP contribution in [0.1, 0.15) is 47.9 Å². The van der Waals surface area contributed by atoms with Crippen LogP contribution in [-0.4, -0.2) is 0 Å². The molecule has 22 heavy (non-hydrogen) atoms. The number of benzene rings is 2. The number of aryl methyl sites for hydroxylation is 2. The third-order valence-electron chi connectivity index (χ3n) is 5.56. The minimum atomic E-state index is 0.768. The van der Waals surface area contributed by atoms with Crippen molar-refractivity contribution in [1.29, 1.82) is 0 Å². The molecule has 2 aromatic carbocycles. The summed E-state index contributed by atoms with van der Waals surface area (Å²) in [5, 5.41) is 0. The second kappa shape index (κ2) is 5.43. The SMILES string of the molecule is Cc1ccc(C2=C(c3ccc(C)cc3)C3CCC2CC3)cc1. The summed E-state index contributed by atoms with van der Waals surface area (Å²) in [4.78, 5) is 0. The normalized spacial score (nSPS) is 23.9. The van der Waals surface area contributed by atoms with Crippen molar-refractivity contribution in [2.45, 2.75) is 39.5 Å². The van der Waals surface area contributed by atoms with Gasteiger partial charge in [-0.3, -0.25) is 0 Å². The van der Waals surface area contributed by atoms with Gasteiger partial charge in [-0.1, -0.05) is 59.7 Å². The van der Waals surface area contributed by atoms with E-state index < -0.39 is 0 Å². The van der Waals surface area contributed by atoms with Gasteiger partial charge in [0.05, 0.1) is 0 Å². The zero-order chi connectivity index (χ0) is 15.1. The second-order valence-electron chi connectivity index (χ2n) is 7.11. The lowest BCUT2D eigenvalue weighted by Crippen LogP contribution is -2.25. The van der Waals surface area contributed by atoms with Crippen LogP contribution in [0.5, 0.6) is 0 Å². The molecule has 0 saturated heterocycles. The quantitative estimate of drug-likeness (QED) is 0.632. The molecule has 0 radical (unpaired) electrons. The van der Waals surface area contributed by atoms with Crippen molar-refractivity contribution in [3.8, 4) is 0 Å². The Labute approximate surface area is 133 Å². The first kappa shape index (κ1) is 13.8. The van der Waals surface area contributed by atoms with Crippen molar-refractivity contribution >= 4 is 11.1 Å². The van der Waals surface area contributed by atoms with Crippen LogP contribution in [0.3, 0.4) is 0 Å². The fourth-order valence-corrected chi connectivity index (χ4v) is 4.36. The van der Waals surface area contributed by atoms with E-state index in [1.165, 1.54) is 47.9 Å². The first-order chi connectivity index (χ1) is 10.7. The maximum atomic E-state index is 2.33. The number of allylic oxidation sites excluding steroid dienone is 2. The van der Waals surface area contributed by atoms with E-state index in [0.29, 0.717) is 0 Å². The van der Waals surface area contributed by atoms with Gasteiger partial charge >= 0.3 is 0 Å². The lowest BCUT2D eigenvalue weighted by molar-refractivity contribution is 0.351. The molecule has 2 bridgehead atoms. The highest BCUT2D eigenvalue weighted by molar-refractivity contribution is 5.94. The third kappa shape index (κ3) is 2.31. The highest BCUT2D eigenvalue weighted by Crippen LogP contribution is 2.52. The summed E-state index contributed by atoms with van der Waals surface area (Å²) < 4.78 is 0. The van der Waals surface area contributed by atoms with E-state index in [-0.39, 0.29) is 0 Å². The fraction of sp³-hybridized carbons (Fsp3) is 0.364. The van der Waals surface area contributed by atoms with Crippen molar-refractivity contribution < 1.29 is 0 Å². The first-order valence-electron chi connectivity index (χ1n) is 8.60. The zero-order valence-corrected chi connectivity index (χ0v) is 13.6. The summed E-state index contributed by atoms with van der Waals surface area (Å²) in [6.45, 7) is 4.35. The number of hydrogen-bond acceptors (Lipinski definition) is 0. The largest absolute Gasteiger partial charge is 0.0587 e. The Bertz CT molecular complexity index is 629. The van der Waals surface area contributed by atoms with Gasteiger partial charge in [0.15, 0.2) is 0 Å². The maximum absolute atomic E-state index is 2.33. The molecule has 0 nitrogen and oxygen atoms in total. The molecule has 0 amide bonds. The van der Waals surface area contributed by atoms with E-state index in [1.54, 1.807) is 11.1 Å². The molecule has 1 saturated carbocycles. The van der Waals surface area contributed by atoms with Gasteiger partial charge in [0.25, 0.3) is 0 Å². The predicted molar refractivity (Wildman–Crippen MR) is 94.6 cm³/mol. The molecular formula is C22H24. The third-order valence-corrected chi connectivity index (χ3v) is 5.56. The predicted octanol–water partition coefficient (Wildman–Crippen LogP) is 6.03. The van der Waals surface area contributed by atoms with Gasteiger partial charge in [0.2, 0.25) is 0 Å². The van der Waals surface area contributed by atoms with Crippen molar-refractivity contribution in [3.05, 3.63) is 70.8 Å². The van der Waals surface area contributed by atoms with Gasteiger partial charge in [-0.05, 0) is 73.6 Å². The summed E-state index contributed by atoms with van der Waals surface area (Å²) in [7, 11) is 0. The van der Waals surface area contributed by atoms with E-state index >= 15 is 0 Å². The molecule has 0 aromatic heterocycles. The Hall–Kier alpha value is -1.82. The Morgan fingerprint density at radius 1 is 0.545 bits per heavy atom. The van der Waals surface area contributed by atoms with Gasteiger partial charge in [-0.15, -0.1) is 0 Å². The molecule has 3 aliphatic carbocycles. The second-order valence-corrected chi connectivity index (χ2v) is 7.11. The lowest BCUT2D eigenvalue weighted by atomic mass is 9.64. The Morgan fingerprint density at radius 3 is 1.18 bits per heavy atom. The monoisotopic (exact) mass is 288 g/mol. The summed E-state index contributed by atoms with van der Waals surface area (Å²) in [6.07, 6.45) is 5.51. The van der Waals surface area contributed by atoms with E-state index in [9.17, 15) is 0 Å². The van der Waals surface area contributed by atoms with Crippen molar-refractivity contribution in [2.24, 2.45) is 11.8 Å². The molecule has 3 aliphatic rings. The number of hydrogen-bond donors (Lipinski definition) is 0. The van der Waals surface area contributed by atoms with Gasteiger partial charge in [-0.25, -0.2) is 0 Å². The molecule has 1 fully saturated rings. The first-order valence-corrected chi connectivity index (χ1v) is 8.60. The molecule has 0 heterocycles. The summed E-state index contributed by atoms with van der Waals surface area (Å²) >= 11 is 0. The summed E-state index contributed by atoms with van der Waals surface area (Å²) in [5.41, 5.74) is 8.90. The van der Waals surface area contributed by atoms with E-state index in [2.05, 4.69) is 62.4 Å². The van der Waals surface area contributed by atoms with E-state index in [0.717, 1.165) is 11.8 Å². The van der Waals surface area contributed by atoms with Crippen LogP contribution in [0.15, 0.2) is 48.5 Å². The highest BCUT2D eigenvalue weighted by Gasteiger charge is 2.35. The molecular weight excluding hydrogens is 264 g/mol. The smallest absolute Gasteiger partial charge is 0.0153 e. The van der Waals surface area contributed by atoms with Crippen LogP contribution in [0.2, 0.25) is 0 Å². The number of rotatable bonds is 2. The van der Waals surface area contributed by atoms with E-state index in [1.807, 2.05) is 0 Å². The molecule has 0 spiro atoms.